The Morgan fingerprint density at radius 3 is 2.50 bits per heavy atom. The Kier molecular flexibility index (Phi) is 5.48. The van der Waals surface area contributed by atoms with E-state index in [0.29, 0.717) is 30.1 Å². The number of piperidine rings is 1. The molecule has 4 rings (SSSR count). The van der Waals surface area contributed by atoms with Crippen molar-refractivity contribution >= 4 is 16.9 Å². The van der Waals surface area contributed by atoms with Crippen LogP contribution in [-0.4, -0.2) is 38.0 Å². The van der Waals surface area contributed by atoms with Crippen LogP contribution in [0, 0.1) is 11.7 Å². The third-order valence-electron chi connectivity index (χ3n) is 5.67. The molecule has 3 aromatic rings. The first-order chi connectivity index (χ1) is 14.4. The van der Waals surface area contributed by atoms with Crippen LogP contribution in [0.3, 0.4) is 0 Å². The van der Waals surface area contributed by atoms with E-state index in [1.54, 1.807) is 17.0 Å². The topological polar surface area (TPSA) is 77.2 Å². The van der Waals surface area contributed by atoms with Gasteiger partial charge in [0, 0.05) is 19.3 Å². The minimum Gasteiger partial charge on any atom is -0.341 e. The fourth-order valence-corrected chi connectivity index (χ4v) is 3.80. The van der Waals surface area contributed by atoms with Crippen molar-refractivity contribution in [2.24, 2.45) is 5.92 Å². The van der Waals surface area contributed by atoms with Crippen molar-refractivity contribution in [3.05, 3.63) is 74.8 Å². The largest absolute Gasteiger partial charge is 0.341 e. The second kappa shape index (κ2) is 8.22. The van der Waals surface area contributed by atoms with E-state index >= 15 is 0 Å². The molecule has 1 aliphatic heterocycles. The van der Waals surface area contributed by atoms with Crippen molar-refractivity contribution in [2.75, 3.05) is 13.1 Å². The molecule has 8 heteroatoms. The van der Waals surface area contributed by atoms with Crippen molar-refractivity contribution in [1.82, 2.24) is 19.0 Å². The van der Waals surface area contributed by atoms with Crippen LogP contribution in [0.25, 0.3) is 11.0 Å². The first kappa shape index (κ1) is 20.0. The summed E-state index contributed by atoms with van der Waals surface area (Å²) in [6.45, 7) is 3.32. The van der Waals surface area contributed by atoms with E-state index in [0.717, 1.165) is 17.4 Å². The summed E-state index contributed by atoms with van der Waals surface area (Å²) >= 11 is 0. The molecule has 1 saturated heterocycles. The van der Waals surface area contributed by atoms with Gasteiger partial charge < -0.3 is 4.90 Å². The summed E-state index contributed by atoms with van der Waals surface area (Å²) in [5.74, 6) is 0.0330. The quantitative estimate of drug-likeness (QED) is 0.659. The standard InChI is InChI=1S/C22H23FN4O3/c1-15-8-11-25(12-9-15)19(28)14-26-18-3-2-10-24-20(18)21(29)27(22(26)30)13-16-4-6-17(23)7-5-16/h2-7,10,15H,8-9,11-14H2,1H3. The monoisotopic (exact) mass is 410 g/mol. The molecule has 156 valence electrons. The van der Waals surface area contributed by atoms with E-state index in [1.165, 1.54) is 35.0 Å². The molecule has 0 atom stereocenters. The lowest BCUT2D eigenvalue weighted by atomic mass is 9.99. The average molecular weight is 410 g/mol. The molecule has 1 fully saturated rings. The van der Waals surface area contributed by atoms with Gasteiger partial charge in [-0.15, -0.1) is 0 Å². The molecule has 2 aromatic heterocycles. The number of benzene rings is 1. The number of hydrogen-bond donors (Lipinski definition) is 0. The molecule has 1 aromatic carbocycles. The number of carbonyl (C=O) groups is 1. The van der Waals surface area contributed by atoms with Gasteiger partial charge in [-0.25, -0.2) is 14.2 Å². The zero-order valence-corrected chi connectivity index (χ0v) is 16.8. The molecule has 0 saturated carbocycles. The number of aromatic nitrogens is 3. The number of amides is 1. The molecule has 7 nitrogen and oxygen atoms in total. The van der Waals surface area contributed by atoms with Gasteiger partial charge >= 0.3 is 5.69 Å². The summed E-state index contributed by atoms with van der Waals surface area (Å²) in [5.41, 5.74) is -0.0476. The predicted octanol–water partition coefficient (Wildman–Crippen LogP) is 2.00. The Balaban J connectivity index is 1.75. The summed E-state index contributed by atoms with van der Waals surface area (Å²) in [6.07, 6.45) is 3.36. The van der Waals surface area contributed by atoms with Gasteiger partial charge in [0.15, 0.2) is 5.52 Å². The minimum absolute atomic E-state index is 0.0279. The van der Waals surface area contributed by atoms with Crippen molar-refractivity contribution < 1.29 is 9.18 Å². The Morgan fingerprint density at radius 1 is 1.10 bits per heavy atom. The second-order valence-electron chi connectivity index (χ2n) is 7.82. The highest BCUT2D eigenvalue weighted by Crippen LogP contribution is 2.16. The molecule has 0 bridgehead atoms. The van der Waals surface area contributed by atoms with Gasteiger partial charge in [-0.1, -0.05) is 19.1 Å². The van der Waals surface area contributed by atoms with Gasteiger partial charge in [0.2, 0.25) is 5.91 Å². The van der Waals surface area contributed by atoms with Gasteiger partial charge in [0.25, 0.3) is 5.56 Å². The number of nitrogens with zero attached hydrogens (tertiary/aromatic N) is 4. The molecule has 0 spiro atoms. The van der Waals surface area contributed by atoms with Gasteiger partial charge in [-0.3, -0.25) is 18.7 Å². The summed E-state index contributed by atoms with van der Waals surface area (Å²) in [4.78, 5) is 44.9. The molecule has 0 unspecified atom stereocenters. The zero-order valence-electron chi connectivity index (χ0n) is 16.8. The summed E-state index contributed by atoms with van der Waals surface area (Å²) in [6, 6.07) is 8.86. The molecule has 1 amide bonds. The maximum Gasteiger partial charge on any atom is 0.332 e. The van der Waals surface area contributed by atoms with E-state index in [1.807, 2.05) is 0 Å². The summed E-state index contributed by atoms with van der Waals surface area (Å²) in [7, 11) is 0. The van der Waals surface area contributed by atoms with Crippen molar-refractivity contribution in [1.29, 1.82) is 0 Å². The van der Waals surface area contributed by atoms with Gasteiger partial charge in [-0.05, 0) is 48.6 Å². The SMILES string of the molecule is CC1CCN(C(=O)Cn2c(=O)n(Cc3ccc(F)cc3)c(=O)c3ncccc32)CC1. The predicted molar refractivity (Wildman–Crippen MR) is 111 cm³/mol. The Labute approximate surface area is 172 Å². The highest BCUT2D eigenvalue weighted by Gasteiger charge is 2.23. The lowest BCUT2D eigenvalue weighted by Gasteiger charge is -2.30. The lowest BCUT2D eigenvalue weighted by molar-refractivity contribution is -0.133. The van der Waals surface area contributed by atoms with Crippen molar-refractivity contribution in [3.63, 3.8) is 0 Å². The minimum atomic E-state index is -0.580. The number of likely N-dealkylation sites (tertiary alicyclic amines) is 1. The van der Waals surface area contributed by atoms with E-state index in [-0.39, 0.29) is 24.5 Å². The van der Waals surface area contributed by atoms with Crippen LogP contribution in [0.2, 0.25) is 0 Å². The van der Waals surface area contributed by atoms with E-state index in [2.05, 4.69) is 11.9 Å². The Bertz CT molecular complexity index is 1190. The van der Waals surface area contributed by atoms with Crippen LogP contribution in [-0.2, 0) is 17.9 Å². The molecular weight excluding hydrogens is 387 g/mol. The summed E-state index contributed by atoms with van der Waals surface area (Å²) < 4.78 is 15.6. The molecular formula is C22H23FN4O3. The smallest absolute Gasteiger partial charge is 0.332 e. The highest BCUT2D eigenvalue weighted by molar-refractivity contribution is 5.79. The molecule has 0 N–H and O–H groups in total. The maximum absolute atomic E-state index is 13.2. The summed E-state index contributed by atoms with van der Waals surface area (Å²) in [5, 5.41) is 0. The third kappa shape index (κ3) is 3.90. The number of halogens is 1. The van der Waals surface area contributed by atoms with Crippen molar-refractivity contribution in [2.45, 2.75) is 32.9 Å². The van der Waals surface area contributed by atoms with Crippen LogP contribution < -0.4 is 11.2 Å². The maximum atomic E-state index is 13.2. The molecule has 0 radical (unpaired) electrons. The molecule has 3 heterocycles. The van der Waals surface area contributed by atoms with Gasteiger partial charge in [-0.2, -0.15) is 0 Å². The van der Waals surface area contributed by atoms with Crippen LogP contribution in [0.1, 0.15) is 25.3 Å². The van der Waals surface area contributed by atoms with Gasteiger partial charge in [0.05, 0.1) is 12.1 Å². The molecule has 1 aliphatic rings. The van der Waals surface area contributed by atoms with E-state index < -0.39 is 17.1 Å². The normalized spacial score (nSPS) is 14.9. The fourth-order valence-electron chi connectivity index (χ4n) is 3.80. The van der Waals surface area contributed by atoms with Crippen LogP contribution in [0.4, 0.5) is 4.39 Å². The number of carbonyl (C=O) groups excluding carboxylic acids is 1. The third-order valence-corrected chi connectivity index (χ3v) is 5.67. The van der Waals surface area contributed by atoms with Crippen LogP contribution >= 0.6 is 0 Å². The first-order valence-corrected chi connectivity index (χ1v) is 10.0. The Hall–Kier alpha value is -3.29. The average Bonchev–Trinajstić information content (AvgIpc) is 2.76. The number of pyridine rings is 1. The zero-order chi connectivity index (χ0) is 21.3. The molecule has 0 aliphatic carbocycles. The molecule has 30 heavy (non-hydrogen) atoms. The Morgan fingerprint density at radius 2 is 1.80 bits per heavy atom. The van der Waals surface area contributed by atoms with E-state index in [9.17, 15) is 18.8 Å². The van der Waals surface area contributed by atoms with Crippen LogP contribution in [0.5, 0.6) is 0 Å². The van der Waals surface area contributed by atoms with Crippen LogP contribution in [0.15, 0.2) is 52.2 Å². The lowest BCUT2D eigenvalue weighted by Crippen LogP contribution is -2.45. The first-order valence-electron chi connectivity index (χ1n) is 10.0. The number of rotatable bonds is 4. The van der Waals surface area contributed by atoms with Crippen molar-refractivity contribution in [3.8, 4) is 0 Å². The highest BCUT2D eigenvalue weighted by atomic mass is 19.1. The van der Waals surface area contributed by atoms with E-state index in [4.69, 9.17) is 0 Å². The number of fused-ring (bicyclic) bond motifs is 1. The number of hydrogen-bond acceptors (Lipinski definition) is 4. The fraction of sp³-hybridized carbons (Fsp3) is 0.364. The van der Waals surface area contributed by atoms with Gasteiger partial charge in [0.1, 0.15) is 12.4 Å². The second-order valence-corrected chi connectivity index (χ2v) is 7.82.